The summed E-state index contributed by atoms with van der Waals surface area (Å²) in [5.74, 6) is 0.439. The van der Waals surface area contributed by atoms with E-state index in [1.165, 1.54) is 17.7 Å². The quantitative estimate of drug-likeness (QED) is 0.560. The average molecular weight is 467 g/mol. The fourth-order valence-corrected chi connectivity index (χ4v) is 5.17. The summed E-state index contributed by atoms with van der Waals surface area (Å²) >= 11 is 0. The second-order valence-corrected chi connectivity index (χ2v) is 8.80. The molecule has 9 nitrogen and oxygen atoms in total. The highest BCUT2D eigenvalue weighted by atomic mass is 16.5. The fraction of sp³-hybridized carbons (Fsp3) is 0.400. The number of benzene rings is 2. The zero-order chi connectivity index (χ0) is 24.3. The molecule has 1 saturated carbocycles. The molecule has 3 N–H and O–H groups in total. The zero-order valence-corrected chi connectivity index (χ0v) is 19.6. The van der Waals surface area contributed by atoms with Crippen LogP contribution >= 0.6 is 0 Å². The van der Waals surface area contributed by atoms with Gasteiger partial charge in [0.15, 0.2) is 11.5 Å². The minimum absolute atomic E-state index is 0.00146. The van der Waals surface area contributed by atoms with Gasteiger partial charge in [0.25, 0.3) is 0 Å². The minimum Gasteiger partial charge on any atom is -0.493 e. The molecule has 4 rings (SSSR count). The first-order valence-corrected chi connectivity index (χ1v) is 11.2. The Bertz CT molecular complexity index is 1100. The van der Waals surface area contributed by atoms with Crippen molar-refractivity contribution in [1.82, 2.24) is 10.3 Å². The summed E-state index contributed by atoms with van der Waals surface area (Å²) in [6.45, 7) is 0.993. The first kappa shape index (κ1) is 23.6. The number of aromatic carboxylic acids is 1. The number of carboxylic acid groups (broad SMARTS) is 1. The molecule has 2 amide bonds. The normalized spacial score (nSPS) is 23.3. The van der Waals surface area contributed by atoms with E-state index in [0.29, 0.717) is 5.69 Å². The molecule has 1 saturated heterocycles. The van der Waals surface area contributed by atoms with Crippen molar-refractivity contribution in [2.45, 2.75) is 37.1 Å². The summed E-state index contributed by atoms with van der Waals surface area (Å²) in [7, 11) is 5.43. The summed E-state index contributed by atoms with van der Waals surface area (Å²) in [4.78, 5) is 25.6. The smallest absolute Gasteiger partial charge is 0.339 e. The van der Waals surface area contributed by atoms with Crippen LogP contribution in [0.4, 0.5) is 10.5 Å². The third-order valence-corrected chi connectivity index (χ3v) is 7.03. The fourth-order valence-electron chi connectivity index (χ4n) is 5.17. The Morgan fingerprint density at radius 3 is 2.50 bits per heavy atom. The van der Waals surface area contributed by atoms with E-state index < -0.39 is 12.0 Å². The molecule has 0 radical (unpaired) electrons. The number of rotatable bonds is 6. The molecule has 2 fully saturated rings. The van der Waals surface area contributed by atoms with Crippen molar-refractivity contribution in [1.29, 1.82) is 0 Å². The maximum atomic E-state index is 12.3. The van der Waals surface area contributed by atoms with Crippen LogP contribution in [-0.4, -0.2) is 61.6 Å². The van der Waals surface area contributed by atoms with Crippen LogP contribution in [0.15, 0.2) is 47.6 Å². The molecule has 1 aliphatic carbocycles. The molecule has 0 unspecified atom stereocenters. The highest BCUT2D eigenvalue weighted by Gasteiger charge is 2.49. The highest BCUT2D eigenvalue weighted by Crippen LogP contribution is 2.49. The Morgan fingerprint density at radius 1 is 1.09 bits per heavy atom. The number of urea groups is 1. The Balaban J connectivity index is 1.44. The van der Waals surface area contributed by atoms with Crippen LogP contribution in [0.2, 0.25) is 0 Å². The van der Waals surface area contributed by atoms with Gasteiger partial charge in [-0.1, -0.05) is 6.07 Å². The summed E-state index contributed by atoms with van der Waals surface area (Å²) in [5.41, 5.74) is 5.44. The first-order chi connectivity index (χ1) is 16.4. The molecule has 0 aromatic heterocycles. The van der Waals surface area contributed by atoms with Crippen molar-refractivity contribution < 1.29 is 24.2 Å². The number of carbonyl (C=O) groups is 2. The van der Waals surface area contributed by atoms with E-state index in [-0.39, 0.29) is 17.0 Å². The lowest BCUT2D eigenvalue weighted by Crippen LogP contribution is -2.46. The van der Waals surface area contributed by atoms with Gasteiger partial charge in [-0.2, -0.15) is 5.10 Å². The van der Waals surface area contributed by atoms with E-state index in [4.69, 9.17) is 14.6 Å². The number of carboxylic acids is 1. The number of methoxy groups -OCH3 is 2. The molecule has 0 bridgehead atoms. The van der Waals surface area contributed by atoms with E-state index in [1.807, 2.05) is 6.07 Å². The second-order valence-electron chi connectivity index (χ2n) is 8.80. The van der Waals surface area contributed by atoms with Crippen LogP contribution in [0.3, 0.4) is 0 Å². The lowest BCUT2D eigenvalue weighted by Gasteiger charge is -2.42. The molecule has 9 heteroatoms. The van der Waals surface area contributed by atoms with Gasteiger partial charge in [-0.15, -0.1) is 0 Å². The molecular weight excluding hydrogens is 436 g/mol. The van der Waals surface area contributed by atoms with E-state index in [9.17, 15) is 9.59 Å². The second kappa shape index (κ2) is 9.72. The first-order valence-electron chi connectivity index (χ1n) is 11.2. The number of carbonyl (C=O) groups excluding carboxylic acids is 1. The van der Waals surface area contributed by atoms with Crippen molar-refractivity contribution >= 4 is 23.4 Å². The van der Waals surface area contributed by atoms with Crippen molar-refractivity contribution in [2.24, 2.45) is 5.10 Å². The number of hydrogen-bond donors (Lipinski definition) is 3. The lowest BCUT2D eigenvalue weighted by molar-refractivity contribution is 0.0697. The number of hydrazone groups is 1. The zero-order valence-electron chi connectivity index (χ0n) is 19.6. The largest absolute Gasteiger partial charge is 0.493 e. The van der Waals surface area contributed by atoms with Crippen LogP contribution in [0.1, 0.15) is 41.6 Å². The van der Waals surface area contributed by atoms with Gasteiger partial charge in [0, 0.05) is 29.3 Å². The number of nitrogens with zero attached hydrogens (tertiary/aromatic N) is 2. The Kier molecular flexibility index (Phi) is 6.74. The van der Waals surface area contributed by atoms with Crippen molar-refractivity contribution in [3.8, 4) is 11.5 Å². The topological polar surface area (TPSA) is 112 Å². The van der Waals surface area contributed by atoms with E-state index in [0.717, 1.165) is 49.4 Å². The average Bonchev–Trinajstić information content (AvgIpc) is 3.19. The van der Waals surface area contributed by atoms with Gasteiger partial charge in [0.05, 0.1) is 19.8 Å². The number of anilines is 1. The van der Waals surface area contributed by atoms with E-state index >= 15 is 0 Å². The van der Waals surface area contributed by atoms with Gasteiger partial charge in [-0.3, -0.25) is 0 Å². The summed E-state index contributed by atoms with van der Waals surface area (Å²) in [5, 5.41) is 16.0. The molecule has 34 heavy (non-hydrogen) atoms. The van der Waals surface area contributed by atoms with E-state index in [1.54, 1.807) is 26.4 Å². The molecule has 2 aromatic carbocycles. The van der Waals surface area contributed by atoms with E-state index in [2.05, 4.69) is 39.9 Å². The van der Waals surface area contributed by atoms with Crippen LogP contribution < -0.4 is 20.2 Å². The maximum absolute atomic E-state index is 12.3. The van der Waals surface area contributed by atoms with Crippen molar-refractivity contribution in [3.05, 3.63) is 53.6 Å². The van der Waals surface area contributed by atoms with Crippen molar-refractivity contribution in [3.63, 3.8) is 0 Å². The summed E-state index contributed by atoms with van der Waals surface area (Å²) in [6.07, 6.45) is 3.53. The SMILES string of the molecule is COc1ccc([C@@]23CCC(=NNC(=O)Nc4ccc(C(=O)O)cc4)C[C@@H]2N(C)CC3)cc1OC. The molecule has 180 valence electrons. The number of fused-ring (bicyclic) bond motifs is 1. The van der Waals surface area contributed by atoms with Gasteiger partial charge in [0.1, 0.15) is 0 Å². The third-order valence-electron chi connectivity index (χ3n) is 7.03. The molecule has 2 atom stereocenters. The monoisotopic (exact) mass is 466 g/mol. The summed E-state index contributed by atoms with van der Waals surface area (Å²) in [6, 6.07) is 12.0. The Hall–Kier alpha value is -3.59. The number of nitrogens with one attached hydrogen (secondary N) is 2. The number of ether oxygens (including phenoxy) is 2. The minimum atomic E-state index is -1.01. The summed E-state index contributed by atoms with van der Waals surface area (Å²) < 4.78 is 11.0. The van der Waals surface area contributed by atoms with Crippen LogP contribution in [0.25, 0.3) is 0 Å². The number of amides is 2. The van der Waals surface area contributed by atoms with Gasteiger partial charge in [-0.25, -0.2) is 15.0 Å². The predicted molar refractivity (Wildman–Crippen MR) is 129 cm³/mol. The highest BCUT2D eigenvalue weighted by molar-refractivity contribution is 5.93. The molecule has 2 aliphatic rings. The molecule has 2 aromatic rings. The molecular formula is C25H30N4O5. The van der Waals surface area contributed by atoms with Crippen LogP contribution in [-0.2, 0) is 5.41 Å². The standard InChI is InChI=1S/C25H30N4O5/c1-29-13-12-25(17-6-9-20(33-2)21(14-17)34-3)11-10-19(15-22(25)29)27-28-24(32)26-18-7-4-16(5-8-18)23(30)31/h4-9,14,22H,10-13,15H2,1-3H3,(H,30,31)(H2,26,28,32)/t22-,25-/m0/s1. The third kappa shape index (κ3) is 4.56. The van der Waals surface area contributed by atoms with Gasteiger partial charge < -0.3 is 24.8 Å². The lowest BCUT2D eigenvalue weighted by atomic mass is 9.65. The van der Waals surface area contributed by atoms with Gasteiger partial charge in [-0.05, 0) is 74.8 Å². The molecule has 1 heterocycles. The Labute approximate surface area is 198 Å². The van der Waals surface area contributed by atoms with Gasteiger partial charge in [0.2, 0.25) is 0 Å². The predicted octanol–water partition coefficient (Wildman–Crippen LogP) is 3.71. The molecule has 1 aliphatic heterocycles. The van der Waals surface area contributed by atoms with Crippen molar-refractivity contribution in [2.75, 3.05) is 33.1 Å². The van der Waals surface area contributed by atoms with Gasteiger partial charge >= 0.3 is 12.0 Å². The molecule has 0 spiro atoms. The number of hydrogen-bond acceptors (Lipinski definition) is 6. The van der Waals surface area contributed by atoms with Crippen LogP contribution in [0, 0.1) is 0 Å². The maximum Gasteiger partial charge on any atom is 0.339 e. The number of likely N-dealkylation sites (N-methyl/N-ethyl adjacent to an activating group) is 1. The van der Waals surface area contributed by atoms with Crippen LogP contribution in [0.5, 0.6) is 11.5 Å². The Morgan fingerprint density at radius 2 is 1.82 bits per heavy atom. The number of likely N-dealkylation sites (tertiary alicyclic amines) is 1.